The lowest BCUT2D eigenvalue weighted by molar-refractivity contribution is -0.139. The molecule has 0 unspecified atom stereocenters. The molecule has 0 aliphatic rings. The Hall–Kier alpha value is -1.81. The van der Waals surface area contributed by atoms with E-state index in [-0.39, 0.29) is 12.6 Å². The quantitative estimate of drug-likeness (QED) is 0.395. The highest BCUT2D eigenvalue weighted by Gasteiger charge is 1.97. The van der Waals surface area contributed by atoms with Crippen LogP contribution in [0.3, 0.4) is 0 Å². The maximum atomic E-state index is 11.4. The number of hydrogen-bond acceptors (Lipinski definition) is 4. The van der Waals surface area contributed by atoms with Gasteiger partial charge in [0.1, 0.15) is 12.4 Å². The summed E-state index contributed by atoms with van der Waals surface area (Å²) in [6.45, 7) is 3.56. The van der Waals surface area contributed by atoms with Gasteiger partial charge in [0.25, 0.3) is 0 Å². The summed E-state index contributed by atoms with van der Waals surface area (Å²) in [7, 11) is 1.62. The van der Waals surface area contributed by atoms with Gasteiger partial charge in [0.05, 0.1) is 13.7 Å². The number of ether oxygens (including phenoxy) is 3. The first-order valence-electron chi connectivity index (χ1n) is 6.83. The molecule has 0 saturated heterocycles. The molecule has 0 heterocycles. The van der Waals surface area contributed by atoms with Gasteiger partial charge >= 0.3 is 5.97 Å². The first-order valence-corrected chi connectivity index (χ1v) is 6.83. The maximum Gasteiger partial charge on any atom is 0.330 e. The fourth-order valence-corrected chi connectivity index (χ4v) is 1.48. The van der Waals surface area contributed by atoms with Gasteiger partial charge in [-0.1, -0.05) is 25.5 Å². The van der Waals surface area contributed by atoms with E-state index in [0.717, 1.165) is 30.8 Å². The van der Waals surface area contributed by atoms with Crippen molar-refractivity contribution in [2.75, 3.05) is 26.9 Å². The summed E-state index contributed by atoms with van der Waals surface area (Å²) in [5.74, 6) is 0.425. The van der Waals surface area contributed by atoms with Crippen LogP contribution in [-0.4, -0.2) is 32.9 Å². The van der Waals surface area contributed by atoms with E-state index in [1.807, 2.05) is 24.3 Å². The predicted octanol–water partition coefficient (Wildman–Crippen LogP) is 3.07. The Balaban J connectivity index is 2.22. The maximum absolute atomic E-state index is 11.4. The number of hydrogen-bond donors (Lipinski definition) is 0. The Labute approximate surface area is 120 Å². The number of esters is 1. The third-order valence-electron chi connectivity index (χ3n) is 2.64. The van der Waals surface area contributed by atoms with Crippen LogP contribution >= 0.6 is 0 Å². The molecule has 4 nitrogen and oxygen atoms in total. The summed E-state index contributed by atoms with van der Waals surface area (Å²) in [6.07, 6.45) is 5.25. The summed E-state index contributed by atoms with van der Waals surface area (Å²) in [4.78, 5) is 11.4. The predicted molar refractivity (Wildman–Crippen MR) is 78.7 cm³/mol. The van der Waals surface area contributed by atoms with Gasteiger partial charge in [0.15, 0.2) is 0 Å². The Morgan fingerprint density at radius 1 is 1.15 bits per heavy atom. The molecule has 0 amide bonds. The van der Waals surface area contributed by atoms with E-state index in [4.69, 9.17) is 14.2 Å². The zero-order chi connectivity index (χ0) is 14.6. The summed E-state index contributed by atoms with van der Waals surface area (Å²) in [5.41, 5.74) is 0.918. The van der Waals surface area contributed by atoms with Crippen molar-refractivity contribution in [1.82, 2.24) is 0 Å². The largest absolute Gasteiger partial charge is 0.497 e. The molecule has 1 aromatic rings. The highest BCUT2D eigenvalue weighted by atomic mass is 16.6. The third kappa shape index (κ3) is 6.95. The summed E-state index contributed by atoms with van der Waals surface area (Å²) >= 11 is 0. The molecule has 20 heavy (non-hydrogen) atoms. The van der Waals surface area contributed by atoms with Gasteiger partial charge in [-0.3, -0.25) is 0 Å². The van der Waals surface area contributed by atoms with E-state index in [2.05, 4.69) is 6.92 Å². The van der Waals surface area contributed by atoms with E-state index >= 15 is 0 Å². The van der Waals surface area contributed by atoms with Crippen molar-refractivity contribution in [2.24, 2.45) is 0 Å². The average Bonchev–Trinajstić information content (AvgIpc) is 2.49. The molecule has 0 radical (unpaired) electrons. The van der Waals surface area contributed by atoms with Crippen LogP contribution in [0.5, 0.6) is 5.75 Å². The van der Waals surface area contributed by atoms with Crippen LogP contribution in [0.4, 0.5) is 0 Å². The zero-order valence-electron chi connectivity index (χ0n) is 12.1. The molecule has 0 N–H and O–H groups in total. The molecule has 0 bridgehead atoms. The minimum atomic E-state index is -0.361. The number of methoxy groups -OCH3 is 1. The molecule has 0 atom stereocenters. The molecule has 0 saturated carbocycles. The minimum Gasteiger partial charge on any atom is -0.497 e. The van der Waals surface area contributed by atoms with Gasteiger partial charge in [0, 0.05) is 12.7 Å². The Kier molecular flexibility index (Phi) is 8.15. The topological polar surface area (TPSA) is 44.8 Å². The Morgan fingerprint density at radius 2 is 1.90 bits per heavy atom. The van der Waals surface area contributed by atoms with Crippen molar-refractivity contribution >= 4 is 12.0 Å². The average molecular weight is 278 g/mol. The molecule has 1 aromatic carbocycles. The van der Waals surface area contributed by atoms with Crippen LogP contribution in [0, 0.1) is 0 Å². The van der Waals surface area contributed by atoms with Crippen LogP contribution in [0.1, 0.15) is 25.3 Å². The first kappa shape index (κ1) is 16.2. The first-order chi connectivity index (χ1) is 9.76. The standard InChI is InChI=1S/C16H22O4/c1-3-4-11-19-12-13-20-16(17)10-7-14-5-8-15(18-2)9-6-14/h5-10H,3-4,11-13H2,1-2H3/b10-7+. The fourth-order valence-electron chi connectivity index (χ4n) is 1.48. The van der Waals surface area contributed by atoms with Gasteiger partial charge in [-0.05, 0) is 30.2 Å². The van der Waals surface area contributed by atoms with Crippen molar-refractivity contribution in [3.8, 4) is 5.75 Å². The van der Waals surface area contributed by atoms with Crippen LogP contribution in [0.2, 0.25) is 0 Å². The van der Waals surface area contributed by atoms with Crippen molar-refractivity contribution in [1.29, 1.82) is 0 Å². The van der Waals surface area contributed by atoms with Crippen molar-refractivity contribution in [3.05, 3.63) is 35.9 Å². The smallest absolute Gasteiger partial charge is 0.330 e. The molecular weight excluding hydrogens is 256 g/mol. The molecule has 4 heteroatoms. The van der Waals surface area contributed by atoms with E-state index in [0.29, 0.717) is 6.61 Å². The summed E-state index contributed by atoms with van der Waals surface area (Å²) in [6, 6.07) is 7.42. The van der Waals surface area contributed by atoms with Gasteiger partial charge in [-0.2, -0.15) is 0 Å². The number of carbonyl (C=O) groups excluding carboxylic acids is 1. The zero-order valence-corrected chi connectivity index (χ0v) is 12.1. The second-order valence-corrected chi connectivity index (χ2v) is 4.24. The number of benzene rings is 1. The molecule has 0 fully saturated rings. The van der Waals surface area contributed by atoms with E-state index < -0.39 is 0 Å². The fraction of sp³-hybridized carbons (Fsp3) is 0.438. The molecular formula is C16H22O4. The van der Waals surface area contributed by atoms with Crippen molar-refractivity contribution < 1.29 is 19.0 Å². The molecule has 0 aromatic heterocycles. The van der Waals surface area contributed by atoms with Gasteiger partial charge < -0.3 is 14.2 Å². The highest BCUT2D eigenvalue weighted by Crippen LogP contribution is 2.12. The van der Waals surface area contributed by atoms with Crippen LogP contribution < -0.4 is 4.74 Å². The molecule has 0 aliphatic carbocycles. The van der Waals surface area contributed by atoms with E-state index in [9.17, 15) is 4.79 Å². The summed E-state index contributed by atoms with van der Waals surface area (Å²) in [5, 5.41) is 0. The minimum absolute atomic E-state index is 0.287. The molecule has 110 valence electrons. The Bertz CT molecular complexity index is 409. The number of rotatable bonds is 9. The lowest BCUT2D eigenvalue weighted by atomic mass is 10.2. The second kappa shape index (κ2) is 10.0. The third-order valence-corrected chi connectivity index (χ3v) is 2.64. The van der Waals surface area contributed by atoms with Crippen LogP contribution in [0.15, 0.2) is 30.3 Å². The highest BCUT2D eigenvalue weighted by molar-refractivity contribution is 5.87. The van der Waals surface area contributed by atoms with E-state index in [1.165, 1.54) is 6.08 Å². The lowest BCUT2D eigenvalue weighted by Crippen LogP contribution is -2.08. The molecule has 0 spiro atoms. The normalized spacial score (nSPS) is 10.7. The molecule has 0 aliphatic heterocycles. The van der Waals surface area contributed by atoms with Gasteiger partial charge in [0.2, 0.25) is 0 Å². The van der Waals surface area contributed by atoms with Crippen molar-refractivity contribution in [3.63, 3.8) is 0 Å². The Morgan fingerprint density at radius 3 is 2.55 bits per heavy atom. The number of unbranched alkanes of at least 4 members (excludes halogenated alkanes) is 1. The van der Waals surface area contributed by atoms with Crippen molar-refractivity contribution in [2.45, 2.75) is 19.8 Å². The van der Waals surface area contributed by atoms with Crippen LogP contribution in [0.25, 0.3) is 6.08 Å². The SMILES string of the molecule is CCCCOCCOC(=O)/C=C/c1ccc(OC)cc1. The monoisotopic (exact) mass is 278 g/mol. The van der Waals surface area contributed by atoms with Gasteiger partial charge in [-0.25, -0.2) is 4.79 Å². The lowest BCUT2D eigenvalue weighted by Gasteiger charge is -2.03. The molecule has 1 rings (SSSR count). The van der Waals surface area contributed by atoms with E-state index in [1.54, 1.807) is 13.2 Å². The van der Waals surface area contributed by atoms with Gasteiger partial charge in [-0.15, -0.1) is 0 Å². The second-order valence-electron chi connectivity index (χ2n) is 4.24. The number of carbonyl (C=O) groups is 1. The summed E-state index contributed by atoms with van der Waals surface area (Å²) < 4.78 is 15.4. The van der Waals surface area contributed by atoms with Crippen LogP contribution in [-0.2, 0) is 14.3 Å².